The summed E-state index contributed by atoms with van der Waals surface area (Å²) in [4.78, 5) is 37.4. The van der Waals surface area contributed by atoms with Crippen LogP contribution in [0.2, 0.25) is 0 Å². The number of hydrogen-bond donors (Lipinski definition) is 2. The number of anilines is 1. The standard InChI is InChI=1S/C24H16ClFN2O3/c25-20-21(23(30)19-7-2-1-6-18(19)22(20)29)27-13-14-8-10-15(11-9-14)24(31)28-17-5-3-4-16(26)12-17/h1-12,27H,13H2,(H,28,31). The molecule has 1 amide bonds. The topological polar surface area (TPSA) is 75.3 Å². The lowest BCUT2D eigenvalue weighted by Gasteiger charge is -2.19. The maximum atomic E-state index is 13.3. The molecule has 3 aromatic rings. The summed E-state index contributed by atoms with van der Waals surface area (Å²) in [5.74, 6) is -1.55. The predicted octanol–water partition coefficient (Wildman–Crippen LogP) is 4.70. The van der Waals surface area contributed by atoms with Crippen molar-refractivity contribution in [3.8, 4) is 0 Å². The Morgan fingerprint density at radius 1 is 0.871 bits per heavy atom. The lowest BCUT2D eigenvalue weighted by Crippen LogP contribution is -2.28. The van der Waals surface area contributed by atoms with Crippen LogP contribution >= 0.6 is 11.6 Å². The van der Waals surface area contributed by atoms with Crippen molar-refractivity contribution in [3.05, 3.63) is 112 Å². The van der Waals surface area contributed by atoms with Crippen LogP contribution in [0.25, 0.3) is 0 Å². The summed E-state index contributed by atoms with van der Waals surface area (Å²) < 4.78 is 13.3. The van der Waals surface area contributed by atoms with Gasteiger partial charge in [0.2, 0.25) is 11.6 Å². The number of amides is 1. The average molecular weight is 435 g/mol. The molecule has 0 saturated heterocycles. The van der Waals surface area contributed by atoms with Crippen LogP contribution in [-0.4, -0.2) is 17.5 Å². The summed E-state index contributed by atoms with van der Waals surface area (Å²) in [7, 11) is 0. The molecule has 1 aliphatic rings. The minimum atomic E-state index is -0.439. The van der Waals surface area contributed by atoms with Gasteiger partial charge in [-0.2, -0.15) is 0 Å². The van der Waals surface area contributed by atoms with Gasteiger partial charge in [0.25, 0.3) is 5.91 Å². The summed E-state index contributed by atoms with van der Waals surface area (Å²) in [5.41, 5.74) is 2.18. The highest BCUT2D eigenvalue weighted by Crippen LogP contribution is 2.27. The van der Waals surface area contributed by atoms with E-state index in [1.54, 1.807) is 54.6 Å². The molecule has 0 spiro atoms. The number of benzene rings is 3. The van der Waals surface area contributed by atoms with Gasteiger partial charge in [0, 0.05) is 28.9 Å². The van der Waals surface area contributed by atoms with Crippen LogP contribution in [0.1, 0.15) is 36.6 Å². The number of rotatable bonds is 5. The predicted molar refractivity (Wildman–Crippen MR) is 116 cm³/mol. The van der Waals surface area contributed by atoms with Gasteiger partial charge < -0.3 is 10.6 Å². The fraction of sp³-hybridized carbons (Fsp3) is 0.0417. The molecule has 0 atom stereocenters. The normalized spacial score (nSPS) is 13.1. The Kier molecular flexibility index (Phi) is 5.64. The smallest absolute Gasteiger partial charge is 0.255 e. The van der Waals surface area contributed by atoms with Gasteiger partial charge in [-0.05, 0) is 35.9 Å². The first-order valence-electron chi connectivity index (χ1n) is 9.42. The van der Waals surface area contributed by atoms with Crippen LogP contribution in [0.5, 0.6) is 0 Å². The highest BCUT2D eigenvalue weighted by Gasteiger charge is 2.30. The van der Waals surface area contributed by atoms with Gasteiger partial charge in [-0.3, -0.25) is 14.4 Å². The van der Waals surface area contributed by atoms with Gasteiger partial charge in [-0.15, -0.1) is 0 Å². The molecule has 3 aromatic carbocycles. The highest BCUT2D eigenvalue weighted by molar-refractivity contribution is 6.49. The molecular formula is C24H16ClFN2O3. The molecule has 0 bridgehead atoms. The Balaban J connectivity index is 1.44. The Morgan fingerprint density at radius 2 is 1.55 bits per heavy atom. The van der Waals surface area contributed by atoms with E-state index in [0.717, 1.165) is 5.56 Å². The number of fused-ring (bicyclic) bond motifs is 1. The fourth-order valence-corrected chi connectivity index (χ4v) is 3.49. The first kappa shape index (κ1) is 20.5. The van der Waals surface area contributed by atoms with E-state index in [-0.39, 0.29) is 34.5 Å². The van der Waals surface area contributed by atoms with Crippen molar-refractivity contribution in [2.75, 3.05) is 5.32 Å². The van der Waals surface area contributed by atoms with E-state index in [1.807, 2.05) is 0 Å². The number of nitrogens with one attached hydrogen (secondary N) is 2. The molecule has 0 saturated carbocycles. The lowest BCUT2D eigenvalue weighted by atomic mass is 9.92. The maximum absolute atomic E-state index is 13.3. The molecule has 0 unspecified atom stereocenters. The van der Waals surface area contributed by atoms with E-state index < -0.39 is 11.6 Å². The van der Waals surface area contributed by atoms with Gasteiger partial charge in [-0.1, -0.05) is 54.1 Å². The number of ketones is 2. The van der Waals surface area contributed by atoms with Crippen molar-refractivity contribution in [1.82, 2.24) is 5.32 Å². The van der Waals surface area contributed by atoms with Gasteiger partial charge >= 0.3 is 0 Å². The second-order valence-corrected chi connectivity index (χ2v) is 7.29. The molecule has 5 nitrogen and oxygen atoms in total. The van der Waals surface area contributed by atoms with E-state index in [0.29, 0.717) is 16.8 Å². The van der Waals surface area contributed by atoms with Crippen LogP contribution in [0.15, 0.2) is 83.5 Å². The summed E-state index contributed by atoms with van der Waals surface area (Å²) in [6.45, 7) is 0.235. The Morgan fingerprint density at radius 3 is 2.23 bits per heavy atom. The highest BCUT2D eigenvalue weighted by atomic mass is 35.5. The van der Waals surface area contributed by atoms with E-state index in [4.69, 9.17) is 11.6 Å². The SMILES string of the molecule is O=C(Nc1cccc(F)c1)c1ccc(CNC2=C(Cl)C(=O)c3ccccc3C2=O)cc1. The third kappa shape index (κ3) is 4.25. The van der Waals surface area contributed by atoms with E-state index in [1.165, 1.54) is 18.2 Å². The molecule has 1 aliphatic carbocycles. The largest absolute Gasteiger partial charge is 0.376 e. The van der Waals surface area contributed by atoms with E-state index in [2.05, 4.69) is 10.6 Å². The zero-order valence-corrected chi connectivity index (χ0v) is 16.9. The van der Waals surface area contributed by atoms with Crippen molar-refractivity contribution in [1.29, 1.82) is 0 Å². The summed E-state index contributed by atoms with van der Waals surface area (Å²) in [5, 5.41) is 5.42. The average Bonchev–Trinajstić information content (AvgIpc) is 2.78. The molecule has 154 valence electrons. The molecular weight excluding hydrogens is 419 g/mol. The van der Waals surface area contributed by atoms with Gasteiger partial charge in [-0.25, -0.2) is 4.39 Å². The molecule has 4 rings (SSSR count). The molecule has 2 N–H and O–H groups in total. The third-order valence-electron chi connectivity index (χ3n) is 4.83. The number of allylic oxidation sites excluding steroid dienone is 2. The second kappa shape index (κ2) is 8.53. The molecule has 0 radical (unpaired) electrons. The van der Waals surface area contributed by atoms with Crippen LogP contribution in [0.4, 0.5) is 10.1 Å². The molecule has 0 aromatic heterocycles. The maximum Gasteiger partial charge on any atom is 0.255 e. The summed E-state index contributed by atoms with van der Waals surface area (Å²) in [6, 6.07) is 18.8. The Labute approximate surface area is 182 Å². The van der Waals surface area contributed by atoms with Crippen LogP contribution < -0.4 is 10.6 Å². The van der Waals surface area contributed by atoms with E-state index in [9.17, 15) is 18.8 Å². The zero-order valence-electron chi connectivity index (χ0n) is 16.1. The Hall–Kier alpha value is -3.77. The number of halogens is 2. The molecule has 0 aliphatic heterocycles. The van der Waals surface area contributed by atoms with Gasteiger partial charge in [0.15, 0.2) is 0 Å². The van der Waals surface area contributed by atoms with Crippen molar-refractivity contribution < 1.29 is 18.8 Å². The summed E-state index contributed by atoms with van der Waals surface area (Å²) >= 11 is 6.14. The number of Topliss-reactive ketones (excluding diaryl/α,β-unsaturated/α-hetero) is 2. The monoisotopic (exact) mass is 434 g/mol. The van der Waals surface area contributed by atoms with Crippen molar-refractivity contribution in [2.24, 2.45) is 0 Å². The lowest BCUT2D eigenvalue weighted by molar-refractivity contribution is 0.0974. The van der Waals surface area contributed by atoms with Crippen molar-refractivity contribution in [2.45, 2.75) is 6.54 Å². The molecule has 0 heterocycles. The minimum absolute atomic E-state index is 0.0540. The van der Waals surface area contributed by atoms with Crippen molar-refractivity contribution >= 4 is 34.8 Å². The Bertz CT molecular complexity index is 1240. The molecule has 0 fully saturated rings. The number of carbonyl (C=O) groups excluding carboxylic acids is 3. The van der Waals surface area contributed by atoms with Crippen LogP contribution in [0.3, 0.4) is 0 Å². The zero-order chi connectivity index (χ0) is 22.0. The number of hydrogen-bond acceptors (Lipinski definition) is 4. The van der Waals surface area contributed by atoms with E-state index >= 15 is 0 Å². The molecule has 31 heavy (non-hydrogen) atoms. The van der Waals surface area contributed by atoms with Crippen LogP contribution in [0, 0.1) is 5.82 Å². The third-order valence-corrected chi connectivity index (χ3v) is 5.19. The quantitative estimate of drug-likeness (QED) is 0.610. The summed E-state index contributed by atoms with van der Waals surface area (Å²) in [6.07, 6.45) is 0. The molecule has 7 heteroatoms. The van der Waals surface area contributed by atoms with Gasteiger partial charge in [0.1, 0.15) is 16.5 Å². The first-order chi connectivity index (χ1) is 14.9. The number of carbonyl (C=O) groups is 3. The second-order valence-electron chi connectivity index (χ2n) is 6.91. The van der Waals surface area contributed by atoms with Crippen molar-refractivity contribution in [3.63, 3.8) is 0 Å². The van der Waals surface area contributed by atoms with Gasteiger partial charge in [0.05, 0.1) is 0 Å². The van der Waals surface area contributed by atoms with Crippen LogP contribution in [-0.2, 0) is 6.54 Å². The minimum Gasteiger partial charge on any atom is -0.376 e. The fourth-order valence-electron chi connectivity index (χ4n) is 3.24. The first-order valence-corrected chi connectivity index (χ1v) is 9.80.